The minimum absolute atomic E-state index is 0.158. The number of hydrogen-bond acceptors (Lipinski definition) is 2. The van der Waals surface area contributed by atoms with Gasteiger partial charge in [-0.3, -0.25) is 0 Å². The predicted molar refractivity (Wildman–Crippen MR) is 40.5 cm³/mol. The van der Waals surface area contributed by atoms with E-state index in [1.807, 2.05) is 13.0 Å². The first-order valence-electron chi connectivity index (χ1n) is 2.90. The third kappa shape index (κ3) is 4.94. The standard InChI is InChI=1S/C7H12N2/c1-6(5-8)3-4-7(2)9/h3-6,8-9H,1-2H3/b4-3-,8-5?,9-7?. The summed E-state index contributed by atoms with van der Waals surface area (Å²) in [5.74, 6) is 0.158. The molecule has 2 heteroatoms. The molecular weight excluding hydrogens is 112 g/mol. The average Bonchev–Trinajstić information content (AvgIpc) is 1.83. The zero-order valence-corrected chi connectivity index (χ0v) is 5.81. The van der Waals surface area contributed by atoms with Gasteiger partial charge in [-0.05, 0) is 13.0 Å². The van der Waals surface area contributed by atoms with E-state index < -0.39 is 0 Å². The molecule has 50 valence electrons. The van der Waals surface area contributed by atoms with Crippen LogP contribution in [0.5, 0.6) is 0 Å². The fourth-order valence-electron chi connectivity index (χ4n) is 0.352. The van der Waals surface area contributed by atoms with E-state index in [4.69, 9.17) is 10.8 Å². The molecule has 1 unspecified atom stereocenters. The van der Waals surface area contributed by atoms with Crippen molar-refractivity contribution in [1.29, 1.82) is 10.8 Å². The highest BCUT2D eigenvalue weighted by Crippen LogP contribution is 1.90. The van der Waals surface area contributed by atoms with Crippen molar-refractivity contribution < 1.29 is 0 Å². The van der Waals surface area contributed by atoms with E-state index in [1.54, 1.807) is 13.0 Å². The second kappa shape index (κ2) is 4.01. The summed E-state index contributed by atoms with van der Waals surface area (Å²) in [6.07, 6.45) is 4.88. The van der Waals surface area contributed by atoms with Gasteiger partial charge in [-0.25, -0.2) is 0 Å². The molecule has 0 radical (unpaired) electrons. The molecule has 0 fully saturated rings. The van der Waals surface area contributed by atoms with Crippen molar-refractivity contribution >= 4 is 11.9 Å². The van der Waals surface area contributed by atoms with E-state index in [9.17, 15) is 0 Å². The molecule has 1 atom stereocenters. The Labute approximate surface area is 55.6 Å². The third-order valence-electron chi connectivity index (χ3n) is 0.913. The molecule has 0 saturated carbocycles. The van der Waals surface area contributed by atoms with Crippen LogP contribution in [0, 0.1) is 16.7 Å². The van der Waals surface area contributed by atoms with E-state index in [-0.39, 0.29) is 5.92 Å². The van der Waals surface area contributed by atoms with Gasteiger partial charge in [-0.2, -0.15) is 0 Å². The first kappa shape index (κ1) is 8.08. The number of rotatable bonds is 3. The smallest absolute Gasteiger partial charge is 0.0279 e. The first-order chi connectivity index (χ1) is 4.16. The number of nitrogens with one attached hydrogen (secondary N) is 2. The molecule has 0 rings (SSSR count). The highest BCUT2D eigenvalue weighted by Gasteiger charge is 1.86. The fourth-order valence-corrected chi connectivity index (χ4v) is 0.352. The monoisotopic (exact) mass is 124 g/mol. The molecule has 2 N–H and O–H groups in total. The quantitative estimate of drug-likeness (QED) is 0.539. The van der Waals surface area contributed by atoms with Gasteiger partial charge in [-0.1, -0.05) is 13.0 Å². The van der Waals surface area contributed by atoms with Gasteiger partial charge in [0.15, 0.2) is 0 Å². The van der Waals surface area contributed by atoms with E-state index in [0.717, 1.165) is 0 Å². The van der Waals surface area contributed by atoms with Crippen LogP contribution in [-0.4, -0.2) is 11.9 Å². The molecule has 0 aliphatic carbocycles. The van der Waals surface area contributed by atoms with Gasteiger partial charge < -0.3 is 10.8 Å². The van der Waals surface area contributed by atoms with E-state index in [1.165, 1.54) is 6.21 Å². The van der Waals surface area contributed by atoms with Crippen LogP contribution in [0.4, 0.5) is 0 Å². The van der Waals surface area contributed by atoms with Crippen molar-refractivity contribution in [3.63, 3.8) is 0 Å². The predicted octanol–water partition coefficient (Wildman–Crippen LogP) is 1.87. The second-order valence-electron chi connectivity index (χ2n) is 2.07. The van der Waals surface area contributed by atoms with Crippen LogP contribution in [0.1, 0.15) is 13.8 Å². The lowest BCUT2D eigenvalue weighted by Gasteiger charge is -1.91. The lowest BCUT2D eigenvalue weighted by atomic mass is 10.2. The maximum atomic E-state index is 7.00. The zero-order valence-electron chi connectivity index (χ0n) is 5.81. The van der Waals surface area contributed by atoms with Crippen molar-refractivity contribution in [2.75, 3.05) is 0 Å². The molecule has 0 heterocycles. The fraction of sp³-hybridized carbons (Fsp3) is 0.429. The van der Waals surface area contributed by atoms with E-state index in [0.29, 0.717) is 5.71 Å². The van der Waals surface area contributed by atoms with Crippen molar-refractivity contribution in [2.24, 2.45) is 5.92 Å². The first-order valence-corrected chi connectivity index (χ1v) is 2.90. The highest BCUT2D eigenvalue weighted by atomic mass is 14.4. The van der Waals surface area contributed by atoms with Crippen LogP contribution < -0.4 is 0 Å². The van der Waals surface area contributed by atoms with E-state index >= 15 is 0 Å². The summed E-state index contributed by atoms with van der Waals surface area (Å²) in [6.45, 7) is 3.62. The van der Waals surface area contributed by atoms with Gasteiger partial charge in [0.25, 0.3) is 0 Å². The summed E-state index contributed by atoms with van der Waals surface area (Å²) in [5.41, 5.74) is 0.531. The van der Waals surface area contributed by atoms with Gasteiger partial charge in [-0.15, -0.1) is 0 Å². The highest BCUT2D eigenvalue weighted by molar-refractivity contribution is 5.90. The lowest BCUT2D eigenvalue weighted by Crippen LogP contribution is -1.89. The molecule has 0 aromatic rings. The summed E-state index contributed by atoms with van der Waals surface area (Å²) >= 11 is 0. The van der Waals surface area contributed by atoms with Crippen LogP contribution in [0.3, 0.4) is 0 Å². The molecule has 2 nitrogen and oxygen atoms in total. The summed E-state index contributed by atoms with van der Waals surface area (Å²) in [6, 6.07) is 0. The lowest BCUT2D eigenvalue weighted by molar-refractivity contribution is 1.02. The Morgan fingerprint density at radius 3 is 2.44 bits per heavy atom. The molecule has 0 aliphatic rings. The Balaban J connectivity index is 3.69. The average molecular weight is 124 g/mol. The summed E-state index contributed by atoms with van der Waals surface area (Å²) in [4.78, 5) is 0. The molecule has 0 aromatic carbocycles. The summed E-state index contributed by atoms with van der Waals surface area (Å²) in [5, 5.41) is 13.8. The van der Waals surface area contributed by atoms with Gasteiger partial charge in [0, 0.05) is 17.8 Å². The SMILES string of the molecule is CC(=N)/C=C\C(C)C=N. The number of hydrogen-bond donors (Lipinski definition) is 2. The molecule has 0 bridgehead atoms. The largest absolute Gasteiger partial charge is 0.313 e. The Morgan fingerprint density at radius 1 is 1.56 bits per heavy atom. The summed E-state index contributed by atoms with van der Waals surface area (Å²) < 4.78 is 0. The van der Waals surface area contributed by atoms with Crippen molar-refractivity contribution in [3.8, 4) is 0 Å². The summed E-state index contributed by atoms with van der Waals surface area (Å²) in [7, 11) is 0. The van der Waals surface area contributed by atoms with Crippen LogP contribution >= 0.6 is 0 Å². The molecule has 0 amide bonds. The van der Waals surface area contributed by atoms with Crippen LogP contribution in [0.2, 0.25) is 0 Å². The normalized spacial score (nSPS) is 13.6. The molecular formula is C7H12N2. The molecule has 0 saturated heterocycles. The third-order valence-corrected chi connectivity index (χ3v) is 0.913. The molecule has 0 aliphatic heterocycles. The second-order valence-corrected chi connectivity index (χ2v) is 2.07. The van der Waals surface area contributed by atoms with Crippen LogP contribution in [0.15, 0.2) is 12.2 Å². The van der Waals surface area contributed by atoms with Crippen molar-refractivity contribution in [1.82, 2.24) is 0 Å². The van der Waals surface area contributed by atoms with Crippen LogP contribution in [0.25, 0.3) is 0 Å². The number of allylic oxidation sites excluding steroid dienone is 2. The molecule has 0 aromatic heterocycles. The maximum Gasteiger partial charge on any atom is 0.0279 e. The van der Waals surface area contributed by atoms with Crippen LogP contribution in [-0.2, 0) is 0 Å². The minimum atomic E-state index is 0.158. The van der Waals surface area contributed by atoms with E-state index in [2.05, 4.69) is 0 Å². The van der Waals surface area contributed by atoms with Gasteiger partial charge in [0.2, 0.25) is 0 Å². The topological polar surface area (TPSA) is 47.7 Å². The van der Waals surface area contributed by atoms with Gasteiger partial charge in [0.05, 0.1) is 0 Å². The van der Waals surface area contributed by atoms with Gasteiger partial charge in [0.1, 0.15) is 0 Å². The Hall–Kier alpha value is -0.920. The van der Waals surface area contributed by atoms with Crippen molar-refractivity contribution in [2.45, 2.75) is 13.8 Å². The minimum Gasteiger partial charge on any atom is -0.313 e. The maximum absolute atomic E-state index is 7.00. The Bertz CT molecular complexity index is 136. The zero-order chi connectivity index (χ0) is 7.28. The van der Waals surface area contributed by atoms with Gasteiger partial charge >= 0.3 is 0 Å². The van der Waals surface area contributed by atoms with Crippen molar-refractivity contribution in [3.05, 3.63) is 12.2 Å². The molecule has 9 heavy (non-hydrogen) atoms. The Kier molecular flexibility index (Phi) is 3.60. The molecule has 0 spiro atoms. The Morgan fingerprint density at radius 2 is 2.11 bits per heavy atom.